The molecule has 25 heavy (non-hydrogen) atoms. The molecule has 1 atom stereocenters. The summed E-state index contributed by atoms with van der Waals surface area (Å²) in [4.78, 5) is 0. The van der Waals surface area contributed by atoms with Crippen LogP contribution in [0.2, 0.25) is 0 Å². The Bertz CT molecular complexity index is 536. The molecular weight excluding hydrogens is 302 g/mol. The number of benzene rings is 2. The fourth-order valence-corrected chi connectivity index (χ4v) is 4.03. The normalized spacial score (nSPS) is 12.9. The van der Waals surface area contributed by atoms with E-state index in [-0.39, 0.29) is 0 Å². The summed E-state index contributed by atoms with van der Waals surface area (Å²) in [6.45, 7) is 9.34. The van der Waals surface area contributed by atoms with Gasteiger partial charge in [0.15, 0.2) is 0 Å². The van der Waals surface area contributed by atoms with E-state index in [4.69, 9.17) is 0 Å². The topological polar surface area (TPSA) is 0 Å². The van der Waals surface area contributed by atoms with Crippen LogP contribution < -0.4 is 4.48 Å². The van der Waals surface area contributed by atoms with E-state index in [9.17, 15) is 0 Å². The van der Waals surface area contributed by atoms with E-state index in [0.29, 0.717) is 0 Å². The standard InChI is InChI=1S/C24H36N/c1-4-7-14-22(6-3)19-21-25(20-5-2,23-15-10-8-11-16-23)24-17-12-9-13-18-24/h8-13,15-18,22H,4-7,14,19-21H2,1-3H3/q+1. The molecule has 1 unspecified atom stereocenters. The molecule has 0 saturated heterocycles. The van der Waals surface area contributed by atoms with Gasteiger partial charge in [-0.25, -0.2) is 0 Å². The van der Waals surface area contributed by atoms with Crippen molar-refractivity contribution in [3.8, 4) is 0 Å². The molecule has 136 valence electrons. The first kappa shape index (κ1) is 19.7. The Morgan fingerprint density at radius 3 is 1.68 bits per heavy atom. The summed E-state index contributed by atoms with van der Waals surface area (Å²) in [7, 11) is 0. The molecule has 0 bridgehead atoms. The van der Waals surface area contributed by atoms with Crippen molar-refractivity contribution in [1.29, 1.82) is 0 Å². The van der Waals surface area contributed by atoms with Gasteiger partial charge in [-0.1, -0.05) is 82.9 Å². The van der Waals surface area contributed by atoms with Crippen molar-refractivity contribution in [2.75, 3.05) is 13.1 Å². The lowest BCUT2D eigenvalue weighted by Gasteiger charge is -2.38. The van der Waals surface area contributed by atoms with Gasteiger partial charge in [-0.05, 0) is 36.6 Å². The average molecular weight is 339 g/mol. The summed E-state index contributed by atoms with van der Waals surface area (Å²) >= 11 is 0. The highest BCUT2D eigenvalue weighted by molar-refractivity contribution is 5.58. The minimum absolute atomic E-state index is 0.849. The third-order valence-electron chi connectivity index (χ3n) is 5.57. The molecule has 0 N–H and O–H groups in total. The van der Waals surface area contributed by atoms with Gasteiger partial charge in [-0.15, -0.1) is 0 Å². The van der Waals surface area contributed by atoms with Crippen LogP contribution in [0, 0.1) is 5.92 Å². The maximum absolute atomic E-state index is 2.36. The average Bonchev–Trinajstić information content (AvgIpc) is 2.68. The largest absolute Gasteiger partial charge is 0.259 e. The molecule has 2 rings (SSSR count). The first-order valence-corrected chi connectivity index (χ1v) is 10.2. The SMILES string of the molecule is CCCCC(CC)CC[N+](CCC)(c1ccccc1)c1ccccc1. The highest BCUT2D eigenvalue weighted by atomic mass is 15.4. The number of rotatable bonds is 11. The van der Waals surface area contributed by atoms with Crippen LogP contribution in [0.4, 0.5) is 11.4 Å². The molecule has 2 aromatic rings. The molecule has 0 amide bonds. The van der Waals surface area contributed by atoms with Crippen LogP contribution in [0.5, 0.6) is 0 Å². The van der Waals surface area contributed by atoms with Gasteiger partial charge in [-0.3, -0.25) is 4.48 Å². The van der Waals surface area contributed by atoms with Gasteiger partial charge in [-0.2, -0.15) is 0 Å². The predicted octanol–water partition coefficient (Wildman–Crippen LogP) is 7.34. The van der Waals surface area contributed by atoms with Crippen LogP contribution in [0.25, 0.3) is 0 Å². The zero-order valence-electron chi connectivity index (χ0n) is 16.5. The molecule has 0 aliphatic heterocycles. The van der Waals surface area contributed by atoms with Gasteiger partial charge in [0.1, 0.15) is 11.4 Å². The second-order valence-corrected chi connectivity index (χ2v) is 7.29. The van der Waals surface area contributed by atoms with Gasteiger partial charge in [0.05, 0.1) is 13.1 Å². The molecule has 0 aromatic heterocycles. The minimum atomic E-state index is 0.849. The number of hydrogen-bond donors (Lipinski definition) is 0. The van der Waals surface area contributed by atoms with Crippen LogP contribution in [0.15, 0.2) is 60.7 Å². The molecule has 0 heterocycles. The summed E-state index contributed by atoms with van der Waals surface area (Å²) < 4.78 is 0.987. The van der Waals surface area contributed by atoms with Crippen molar-refractivity contribution >= 4 is 11.4 Å². The molecule has 1 nitrogen and oxygen atoms in total. The van der Waals surface area contributed by atoms with Crippen LogP contribution in [-0.2, 0) is 0 Å². The molecular formula is C24H36N+. The van der Waals surface area contributed by atoms with Gasteiger partial charge < -0.3 is 0 Å². The minimum Gasteiger partial charge on any atom is -0.259 e. The lowest BCUT2D eigenvalue weighted by atomic mass is 9.94. The third-order valence-corrected chi connectivity index (χ3v) is 5.57. The number of unbranched alkanes of at least 4 members (excludes halogenated alkanes) is 1. The predicted molar refractivity (Wildman–Crippen MR) is 112 cm³/mol. The molecule has 0 saturated carbocycles. The Labute approximate surface area is 155 Å². The highest BCUT2D eigenvalue weighted by Crippen LogP contribution is 2.36. The fraction of sp³-hybridized carbons (Fsp3) is 0.500. The van der Waals surface area contributed by atoms with E-state index in [1.165, 1.54) is 56.4 Å². The molecule has 0 aliphatic rings. The van der Waals surface area contributed by atoms with Gasteiger partial charge in [0, 0.05) is 6.42 Å². The molecule has 0 spiro atoms. The van der Waals surface area contributed by atoms with Crippen LogP contribution in [-0.4, -0.2) is 13.1 Å². The Hall–Kier alpha value is -1.60. The van der Waals surface area contributed by atoms with E-state index in [1.54, 1.807) is 0 Å². The maximum Gasteiger partial charge on any atom is 0.137 e. The van der Waals surface area contributed by atoms with Crippen LogP contribution in [0.3, 0.4) is 0 Å². The van der Waals surface area contributed by atoms with E-state index >= 15 is 0 Å². The van der Waals surface area contributed by atoms with Gasteiger partial charge >= 0.3 is 0 Å². The van der Waals surface area contributed by atoms with Crippen LogP contribution in [0.1, 0.15) is 59.3 Å². The van der Waals surface area contributed by atoms with E-state index in [2.05, 4.69) is 81.4 Å². The fourth-order valence-electron chi connectivity index (χ4n) is 4.03. The zero-order valence-corrected chi connectivity index (χ0v) is 16.5. The summed E-state index contributed by atoms with van der Waals surface area (Å²) in [5.41, 5.74) is 2.86. The Morgan fingerprint density at radius 1 is 0.680 bits per heavy atom. The summed E-state index contributed by atoms with van der Waals surface area (Å²) in [6.07, 6.45) is 7.85. The lowest BCUT2D eigenvalue weighted by Crippen LogP contribution is -2.46. The molecule has 0 fully saturated rings. The number of hydrogen-bond acceptors (Lipinski definition) is 0. The quantitative estimate of drug-likeness (QED) is 0.376. The maximum atomic E-state index is 2.36. The Kier molecular flexibility index (Phi) is 8.21. The number of nitrogens with zero attached hydrogens (tertiary/aromatic N) is 1. The first-order chi connectivity index (χ1) is 12.3. The van der Waals surface area contributed by atoms with Crippen molar-refractivity contribution in [2.45, 2.75) is 59.3 Å². The lowest BCUT2D eigenvalue weighted by molar-refractivity contribution is 0.319. The summed E-state index contributed by atoms with van der Waals surface area (Å²) in [5, 5.41) is 0. The highest BCUT2D eigenvalue weighted by Gasteiger charge is 2.32. The molecule has 0 radical (unpaired) electrons. The summed E-state index contributed by atoms with van der Waals surface area (Å²) in [5.74, 6) is 0.849. The van der Waals surface area contributed by atoms with Gasteiger partial charge in [0.2, 0.25) is 0 Å². The number of quaternary nitrogens is 1. The Morgan fingerprint density at radius 2 is 1.24 bits per heavy atom. The molecule has 1 heteroatoms. The first-order valence-electron chi connectivity index (χ1n) is 10.2. The van der Waals surface area contributed by atoms with Crippen LogP contribution >= 0.6 is 0 Å². The van der Waals surface area contributed by atoms with Crippen molar-refractivity contribution in [2.24, 2.45) is 5.92 Å². The third kappa shape index (κ3) is 5.19. The molecule has 0 aliphatic carbocycles. The zero-order chi connectivity index (χ0) is 18.0. The van der Waals surface area contributed by atoms with Crippen molar-refractivity contribution in [3.63, 3.8) is 0 Å². The second-order valence-electron chi connectivity index (χ2n) is 7.29. The van der Waals surface area contributed by atoms with E-state index in [0.717, 1.165) is 16.9 Å². The Balaban J connectivity index is 2.34. The van der Waals surface area contributed by atoms with E-state index < -0.39 is 0 Å². The van der Waals surface area contributed by atoms with Crippen molar-refractivity contribution < 1.29 is 0 Å². The second kappa shape index (κ2) is 10.4. The monoisotopic (exact) mass is 338 g/mol. The summed E-state index contributed by atoms with van der Waals surface area (Å²) in [6, 6.07) is 22.3. The molecule has 2 aromatic carbocycles. The van der Waals surface area contributed by atoms with Crippen molar-refractivity contribution in [3.05, 3.63) is 60.7 Å². The van der Waals surface area contributed by atoms with E-state index in [1.807, 2.05) is 0 Å². The smallest absolute Gasteiger partial charge is 0.137 e. The number of para-hydroxylation sites is 2. The van der Waals surface area contributed by atoms with Crippen molar-refractivity contribution in [1.82, 2.24) is 4.48 Å². The van der Waals surface area contributed by atoms with Gasteiger partial charge in [0.25, 0.3) is 0 Å².